The van der Waals surface area contributed by atoms with Crippen LogP contribution in [-0.4, -0.2) is 52.4 Å². The minimum absolute atomic E-state index is 0.0869. The monoisotopic (exact) mass is 440 g/mol. The standard InChI is InChI=1S/C26H33FN2O3/c1-17-14-20-15-22(30)8-9-23(20)24(29(17)16-26(2,3)27)18-4-6-21(7-5-18)28-12-10-19(11-13-28)25(31)32/h4-9,15,17,19,24,30H,10-14,16H2,1-3H3,(H,31,32)/t17-,24-/m1/s1. The first-order chi connectivity index (χ1) is 15.1. The van der Waals surface area contributed by atoms with Gasteiger partial charge in [-0.25, -0.2) is 4.39 Å². The van der Waals surface area contributed by atoms with Gasteiger partial charge in [0, 0.05) is 31.4 Å². The van der Waals surface area contributed by atoms with E-state index in [0.717, 1.165) is 41.9 Å². The minimum atomic E-state index is -1.32. The Morgan fingerprint density at radius 3 is 2.38 bits per heavy atom. The van der Waals surface area contributed by atoms with Gasteiger partial charge >= 0.3 is 5.97 Å². The van der Waals surface area contributed by atoms with E-state index in [1.165, 1.54) is 0 Å². The first-order valence-corrected chi connectivity index (χ1v) is 11.5. The molecule has 0 radical (unpaired) electrons. The first kappa shape index (κ1) is 22.6. The fourth-order valence-corrected chi connectivity index (χ4v) is 5.21. The highest BCUT2D eigenvalue weighted by Gasteiger charge is 2.36. The van der Waals surface area contributed by atoms with Crippen molar-refractivity contribution >= 4 is 11.7 Å². The molecule has 0 aliphatic carbocycles. The van der Waals surface area contributed by atoms with Crippen LogP contribution in [-0.2, 0) is 11.2 Å². The van der Waals surface area contributed by atoms with E-state index >= 15 is 0 Å². The molecule has 1 fully saturated rings. The zero-order valence-electron chi connectivity index (χ0n) is 19.1. The predicted octanol–water partition coefficient (Wildman–Crippen LogP) is 4.78. The molecular weight excluding hydrogens is 407 g/mol. The molecule has 0 bridgehead atoms. The maximum absolute atomic E-state index is 14.7. The van der Waals surface area contributed by atoms with Crippen LogP contribution in [0.4, 0.5) is 10.1 Å². The zero-order chi connectivity index (χ0) is 23.0. The molecule has 0 amide bonds. The van der Waals surface area contributed by atoms with Crippen LogP contribution in [0.15, 0.2) is 42.5 Å². The lowest BCUT2D eigenvalue weighted by Gasteiger charge is -2.44. The Bertz CT molecular complexity index is 962. The van der Waals surface area contributed by atoms with E-state index in [0.29, 0.717) is 19.4 Å². The number of carbonyl (C=O) groups is 1. The Labute approximate surface area is 189 Å². The van der Waals surface area contributed by atoms with Crippen LogP contribution in [0.1, 0.15) is 56.3 Å². The molecule has 2 aromatic rings. The zero-order valence-corrected chi connectivity index (χ0v) is 19.1. The number of phenols is 1. The first-order valence-electron chi connectivity index (χ1n) is 11.5. The molecule has 4 rings (SSSR count). The van der Waals surface area contributed by atoms with Gasteiger partial charge in [0.05, 0.1) is 12.0 Å². The summed E-state index contributed by atoms with van der Waals surface area (Å²) in [7, 11) is 0. The van der Waals surface area contributed by atoms with Gasteiger partial charge in [0.1, 0.15) is 11.4 Å². The van der Waals surface area contributed by atoms with E-state index in [4.69, 9.17) is 0 Å². The predicted molar refractivity (Wildman–Crippen MR) is 124 cm³/mol. The molecule has 2 aromatic carbocycles. The highest BCUT2D eigenvalue weighted by molar-refractivity contribution is 5.70. The van der Waals surface area contributed by atoms with Crippen molar-refractivity contribution in [2.24, 2.45) is 5.92 Å². The number of hydrogen-bond donors (Lipinski definition) is 2. The molecule has 2 atom stereocenters. The van der Waals surface area contributed by atoms with Crippen LogP contribution in [0.2, 0.25) is 0 Å². The Morgan fingerprint density at radius 2 is 1.78 bits per heavy atom. The van der Waals surface area contributed by atoms with Crippen molar-refractivity contribution in [3.63, 3.8) is 0 Å². The molecule has 2 aliphatic heterocycles. The Kier molecular flexibility index (Phi) is 6.17. The molecule has 2 heterocycles. The van der Waals surface area contributed by atoms with Crippen molar-refractivity contribution in [2.75, 3.05) is 24.5 Å². The second kappa shape index (κ2) is 8.74. The van der Waals surface area contributed by atoms with E-state index in [9.17, 15) is 19.4 Å². The Hall–Kier alpha value is -2.60. The molecule has 32 heavy (non-hydrogen) atoms. The summed E-state index contributed by atoms with van der Waals surface area (Å²) >= 11 is 0. The van der Waals surface area contributed by atoms with Crippen LogP contribution >= 0.6 is 0 Å². The average Bonchev–Trinajstić information content (AvgIpc) is 2.74. The number of phenolic OH excluding ortho intramolecular Hbond substituents is 1. The molecule has 0 aromatic heterocycles. The van der Waals surface area contributed by atoms with Gasteiger partial charge in [0.2, 0.25) is 0 Å². The van der Waals surface area contributed by atoms with Gasteiger partial charge in [-0.3, -0.25) is 9.69 Å². The minimum Gasteiger partial charge on any atom is -0.508 e. The molecule has 0 spiro atoms. The fourth-order valence-electron chi connectivity index (χ4n) is 5.21. The van der Waals surface area contributed by atoms with Crippen molar-refractivity contribution < 1.29 is 19.4 Å². The number of fused-ring (bicyclic) bond motifs is 1. The average molecular weight is 441 g/mol. The molecule has 0 saturated carbocycles. The van der Waals surface area contributed by atoms with Gasteiger partial charge in [0.25, 0.3) is 0 Å². The van der Waals surface area contributed by atoms with E-state index in [1.54, 1.807) is 19.9 Å². The third-order valence-corrected chi connectivity index (χ3v) is 6.81. The second-order valence-corrected chi connectivity index (χ2v) is 9.92. The lowest BCUT2D eigenvalue weighted by molar-refractivity contribution is -0.142. The highest BCUT2D eigenvalue weighted by atomic mass is 19.1. The summed E-state index contributed by atoms with van der Waals surface area (Å²) in [4.78, 5) is 15.7. The molecule has 172 valence electrons. The van der Waals surface area contributed by atoms with Gasteiger partial charge in [-0.1, -0.05) is 18.2 Å². The molecule has 2 aliphatic rings. The largest absolute Gasteiger partial charge is 0.508 e. The van der Waals surface area contributed by atoms with E-state index in [-0.39, 0.29) is 23.8 Å². The summed E-state index contributed by atoms with van der Waals surface area (Å²) < 4.78 is 14.7. The van der Waals surface area contributed by atoms with Crippen molar-refractivity contribution in [1.29, 1.82) is 0 Å². The summed E-state index contributed by atoms with van der Waals surface area (Å²) in [6, 6.07) is 14.0. The molecule has 1 saturated heterocycles. The van der Waals surface area contributed by atoms with Crippen molar-refractivity contribution in [3.8, 4) is 5.75 Å². The number of hydrogen-bond acceptors (Lipinski definition) is 4. The second-order valence-electron chi connectivity index (χ2n) is 9.92. The maximum atomic E-state index is 14.7. The van der Waals surface area contributed by atoms with Crippen LogP contribution in [0.5, 0.6) is 5.75 Å². The number of aliphatic carboxylic acids is 1. The third-order valence-electron chi connectivity index (χ3n) is 6.81. The van der Waals surface area contributed by atoms with Crippen LogP contribution in [0, 0.1) is 5.92 Å². The third kappa shape index (κ3) is 4.75. The number of aromatic hydroxyl groups is 1. The summed E-state index contributed by atoms with van der Waals surface area (Å²) in [5.74, 6) is -0.694. The Balaban J connectivity index is 1.63. The molecule has 6 heteroatoms. The number of piperidine rings is 1. The van der Waals surface area contributed by atoms with Crippen molar-refractivity contribution in [1.82, 2.24) is 4.90 Å². The van der Waals surface area contributed by atoms with Crippen molar-refractivity contribution in [3.05, 3.63) is 59.2 Å². The van der Waals surface area contributed by atoms with Crippen LogP contribution < -0.4 is 4.90 Å². The summed E-state index contributed by atoms with van der Waals surface area (Å²) in [5.41, 5.74) is 3.08. The quantitative estimate of drug-likeness (QED) is 0.701. The van der Waals surface area contributed by atoms with Crippen molar-refractivity contribution in [2.45, 2.75) is 57.8 Å². The fraction of sp³-hybridized carbons (Fsp3) is 0.500. The van der Waals surface area contributed by atoms with Gasteiger partial charge in [-0.2, -0.15) is 0 Å². The van der Waals surface area contributed by atoms with Crippen LogP contribution in [0.25, 0.3) is 0 Å². The summed E-state index contributed by atoms with van der Waals surface area (Å²) in [5, 5.41) is 19.2. The van der Waals surface area contributed by atoms with E-state index in [1.807, 2.05) is 12.1 Å². The normalized spacial score (nSPS) is 22.6. The number of halogens is 1. The lowest BCUT2D eigenvalue weighted by atomic mass is 9.84. The van der Waals surface area contributed by atoms with Crippen LogP contribution in [0.3, 0.4) is 0 Å². The molecule has 0 unspecified atom stereocenters. The van der Waals surface area contributed by atoms with Gasteiger partial charge in [-0.05, 0) is 81.0 Å². The molecular formula is C26H33FN2O3. The number of rotatable bonds is 5. The Morgan fingerprint density at radius 1 is 1.12 bits per heavy atom. The lowest BCUT2D eigenvalue weighted by Crippen LogP contribution is -2.47. The number of carboxylic acids is 1. The summed E-state index contributed by atoms with van der Waals surface area (Å²) in [6.45, 7) is 7.15. The number of benzene rings is 2. The number of alkyl halides is 1. The summed E-state index contributed by atoms with van der Waals surface area (Å²) in [6.07, 6.45) is 2.09. The highest BCUT2D eigenvalue weighted by Crippen LogP contribution is 2.40. The molecule has 5 nitrogen and oxygen atoms in total. The van der Waals surface area contributed by atoms with Gasteiger partial charge in [-0.15, -0.1) is 0 Å². The maximum Gasteiger partial charge on any atom is 0.306 e. The topological polar surface area (TPSA) is 64.0 Å². The van der Waals surface area contributed by atoms with Gasteiger partial charge < -0.3 is 15.1 Å². The number of carboxylic acid groups (broad SMARTS) is 1. The van der Waals surface area contributed by atoms with E-state index in [2.05, 4.69) is 41.0 Å². The SMILES string of the molecule is C[C@@H]1Cc2cc(O)ccc2[C@@H](c2ccc(N3CCC(C(=O)O)CC3)cc2)N1CC(C)(C)F. The number of nitrogens with zero attached hydrogens (tertiary/aromatic N) is 2. The van der Waals surface area contributed by atoms with E-state index < -0.39 is 11.6 Å². The number of anilines is 1. The van der Waals surface area contributed by atoms with Gasteiger partial charge in [0.15, 0.2) is 0 Å². The smallest absolute Gasteiger partial charge is 0.306 e. The molecule has 2 N–H and O–H groups in total.